The summed E-state index contributed by atoms with van der Waals surface area (Å²) in [5.41, 5.74) is 17.1. The number of aromatic nitrogens is 3. The molecule has 4 aromatic rings. The Bertz CT molecular complexity index is 1650. The van der Waals surface area contributed by atoms with E-state index in [2.05, 4.69) is 20.2 Å². The molecule has 1 fully saturated rings. The Labute approximate surface area is 251 Å². The Morgan fingerprint density at radius 3 is 2.44 bits per heavy atom. The maximum atomic E-state index is 11.3. The number of nitriles is 1. The Balaban J connectivity index is 1.32. The molecule has 5 N–H and O–H groups in total. The summed E-state index contributed by atoms with van der Waals surface area (Å²) in [6.45, 7) is 6.58. The van der Waals surface area contributed by atoms with E-state index in [1.54, 1.807) is 36.7 Å². The average molecular weight is 575 g/mol. The predicted octanol–water partition coefficient (Wildman–Crippen LogP) is 5.24. The van der Waals surface area contributed by atoms with Crippen molar-refractivity contribution in [1.82, 2.24) is 19.9 Å². The molecule has 0 saturated carbocycles. The zero-order chi connectivity index (χ0) is 30.3. The number of hydrogen-bond acceptors (Lipinski definition) is 9. The summed E-state index contributed by atoms with van der Waals surface area (Å²) in [5, 5.41) is 12.4. The predicted molar refractivity (Wildman–Crippen MR) is 167 cm³/mol. The molecule has 0 radical (unpaired) electrons. The monoisotopic (exact) mass is 574 g/mol. The van der Waals surface area contributed by atoms with Crippen molar-refractivity contribution in [2.24, 2.45) is 5.73 Å². The average Bonchev–Trinajstić information content (AvgIpc) is 3.00. The second-order valence-electron chi connectivity index (χ2n) is 10.7. The third kappa shape index (κ3) is 7.33. The van der Waals surface area contributed by atoms with Gasteiger partial charge < -0.3 is 21.5 Å². The number of nitrogens with two attached hydrogens (primary N) is 2. The summed E-state index contributed by atoms with van der Waals surface area (Å²) in [4.78, 5) is 27.4. The highest BCUT2D eigenvalue weighted by atomic mass is 16.5. The Hall–Kier alpha value is -5.27. The molecule has 10 heteroatoms. The fourth-order valence-electron chi connectivity index (χ4n) is 5.20. The van der Waals surface area contributed by atoms with Gasteiger partial charge >= 0.3 is 0 Å². The maximum Gasteiger partial charge on any atom is 0.248 e. The maximum absolute atomic E-state index is 11.3. The van der Waals surface area contributed by atoms with Crippen LogP contribution in [-0.2, 0) is 6.54 Å². The first-order valence-corrected chi connectivity index (χ1v) is 14.1. The fraction of sp³-hybridized carbons (Fsp3) is 0.242. The van der Waals surface area contributed by atoms with Crippen LogP contribution in [0, 0.1) is 25.2 Å². The van der Waals surface area contributed by atoms with Gasteiger partial charge in [0.15, 0.2) is 0 Å². The molecule has 0 bridgehead atoms. The molecule has 2 aromatic carbocycles. The molecule has 2 aromatic heterocycles. The van der Waals surface area contributed by atoms with E-state index < -0.39 is 5.91 Å². The number of ether oxygens (including phenoxy) is 1. The molecular formula is C33H34N8O2. The van der Waals surface area contributed by atoms with Gasteiger partial charge in [0.25, 0.3) is 0 Å². The molecule has 0 atom stereocenters. The minimum Gasteiger partial charge on any atom is -0.438 e. The van der Waals surface area contributed by atoms with Crippen molar-refractivity contribution in [2.75, 3.05) is 24.1 Å². The van der Waals surface area contributed by atoms with Gasteiger partial charge in [-0.1, -0.05) is 12.1 Å². The van der Waals surface area contributed by atoms with E-state index in [4.69, 9.17) is 26.5 Å². The van der Waals surface area contributed by atoms with Crippen molar-refractivity contribution in [3.63, 3.8) is 0 Å². The molecule has 1 saturated heterocycles. The molecule has 5 rings (SSSR count). The second kappa shape index (κ2) is 13.1. The van der Waals surface area contributed by atoms with Crippen LogP contribution in [0.1, 0.15) is 45.5 Å². The summed E-state index contributed by atoms with van der Waals surface area (Å²) < 4.78 is 6.48. The third-order valence-corrected chi connectivity index (χ3v) is 7.45. The number of piperidine rings is 1. The minimum absolute atomic E-state index is 0.208. The highest BCUT2D eigenvalue weighted by Crippen LogP contribution is 2.36. The van der Waals surface area contributed by atoms with Crippen molar-refractivity contribution in [2.45, 2.75) is 39.3 Å². The number of nitrogen functional groups attached to an aromatic ring is 1. The molecule has 1 aliphatic rings. The van der Waals surface area contributed by atoms with Crippen molar-refractivity contribution in [1.29, 1.82) is 5.26 Å². The minimum atomic E-state index is -0.417. The van der Waals surface area contributed by atoms with E-state index in [0.29, 0.717) is 34.5 Å². The second-order valence-corrected chi connectivity index (χ2v) is 10.7. The van der Waals surface area contributed by atoms with Gasteiger partial charge in [0.1, 0.15) is 11.6 Å². The number of hydrogen-bond donors (Lipinski definition) is 3. The van der Waals surface area contributed by atoms with Crippen LogP contribution in [-0.4, -0.2) is 44.9 Å². The molecule has 3 heterocycles. The molecule has 1 amide bonds. The number of nitrogens with zero attached hydrogens (tertiary/aromatic N) is 5. The summed E-state index contributed by atoms with van der Waals surface area (Å²) in [5.74, 6) is 1.60. The summed E-state index contributed by atoms with van der Waals surface area (Å²) in [6, 6.07) is 17.2. The number of amides is 1. The summed E-state index contributed by atoms with van der Waals surface area (Å²) >= 11 is 0. The van der Waals surface area contributed by atoms with Gasteiger partial charge in [-0.25, -0.2) is 9.97 Å². The van der Waals surface area contributed by atoms with Gasteiger partial charge in [-0.05, 0) is 91.4 Å². The molecular weight excluding hydrogens is 540 g/mol. The normalized spacial score (nSPS) is 14.0. The summed E-state index contributed by atoms with van der Waals surface area (Å²) in [6.07, 6.45) is 8.51. The number of nitrogens with one attached hydrogen (secondary N) is 1. The quantitative estimate of drug-likeness (QED) is 0.227. The first-order valence-electron chi connectivity index (χ1n) is 14.1. The van der Waals surface area contributed by atoms with E-state index in [0.717, 1.165) is 60.3 Å². The number of likely N-dealkylation sites (tertiary alicyclic amines) is 1. The van der Waals surface area contributed by atoms with Crippen LogP contribution in [0.2, 0.25) is 0 Å². The van der Waals surface area contributed by atoms with Crippen molar-refractivity contribution in [3.05, 3.63) is 94.8 Å². The Kier molecular flexibility index (Phi) is 8.93. The van der Waals surface area contributed by atoms with Crippen LogP contribution in [0.25, 0.3) is 17.2 Å². The molecule has 0 aliphatic carbocycles. The van der Waals surface area contributed by atoms with Crippen LogP contribution in [0.15, 0.2) is 67.0 Å². The van der Waals surface area contributed by atoms with Crippen LogP contribution in [0.3, 0.4) is 0 Å². The lowest BCUT2D eigenvalue weighted by Crippen LogP contribution is -2.39. The van der Waals surface area contributed by atoms with Gasteiger partial charge in [0.05, 0.1) is 11.6 Å². The number of carbonyl (C=O) groups excluding carboxylic acids is 1. The van der Waals surface area contributed by atoms with Crippen molar-refractivity contribution in [3.8, 4) is 28.8 Å². The number of anilines is 2. The number of allylic oxidation sites excluding steroid dienone is 1. The molecule has 0 spiro atoms. The van der Waals surface area contributed by atoms with E-state index >= 15 is 0 Å². The van der Waals surface area contributed by atoms with Crippen LogP contribution in [0.5, 0.6) is 11.6 Å². The first-order chi connectivity index (χ1) is 20.8. The Morgan fingerprint density at radius 2 is 1.81 bits per heavy atom. The zero-order valence-corrected chi connectivity index (χ0v) is 24.2. The van der Waals surface area contributed by atoms with E-state index in [1.807, 2.05) is 50.2 Å². The highest BCUT2D eigenvalue weighted by Gasteiger charge is 2.22. The molecule has 1 aliphatic heterocycles. The fourth-order valence-corrected chi connectivity index (χ4v) is 5.20. The lowest BCUT2D eigenvalue weighted by Gasteiger charge is -2.32. The van der Waals surface area contributed by atoms with Crippen molar-refractivity contribution >= 4 is 23.7 Å². The number of rotatable bonds is 9. The highest BCUT2D eigenvalue weighted by molar-refractivity contribution is 5.92. The molecule has 0 unspecified atom stereocenters. The van der Waals surface area contributed by atoms with Gasteiger partial charge in [-0.2, -0.15) is 10.2 Å². The smallest absolute Gasteiger partial charge is 0.248 e. The number of pyridine rings is 1. The molecule has 10 nitrogen and oxygen atoms in total. The number of carbonyl (C=O) groups is 1. The molecule has 218 valence electrons. The standard InChI is InChI=1S/C33H34N8O2/c1-21-16-24(4-3-13-34)17-22(2)30(21)43-32-28(26-9-10-29(35)37-18-26)19-38-33(40-32)39-27-11-14-41(15-12-27)20-23-5-7-25(8-6-23)31(36)42/h3-10,16-19,27H,11-12,14-15,20H2,1-2H3,(H2,35,37)(H2,36,42)(H,38,39,40)/b4-3+. The van der Waals surface area contributed by atoms with Gasteiger partial charge in [0.2, 0.25) is 17.7 Å². The topological polar surface area (TPSA) is 156 Å². The van der Waals surface area contributed by atoms with Crippen LogP contribution in [0.4, 0.5) is 11.8 Å². The lowest BCUT2D eigenvalue weighted by atomic mass is 10.0. The lowest BCUT2D eigenvalue weighted by molar-refractivity contribution is 0.1000. The van der Waals surface area contributed by atoms with Crippen molar-refractivity contribution < 1.29 is 9.53 Å². The first kappa shape index (κ1) is 29.2. The van der Waals surface area contributed by atoms with Gasteiger partial charge in [-0.15, -0.1) is 0 Å². The third-order valence-electron chi connectivity index (χ3n) is 7.45. The van der Waals surface area contributed by atoms with Crippen LogP contribution < -0.4 is 21.5 Å². The number of aryl methyl sites for hydroxylation is 2. The summed E-state index contributed by atoms with van der Waals surface area (Å²) in [7, 11) is 0. The number of benzene rings is 2. The Morgan fingerprint density at radius 1 is 1.09 bits per heavy atom. The van der Waals surface area contributed by atoms with E-state index in [-0.39, 0.29) is 6.04 Å². The zero-order valence-electron chi connectivity index (χ0n) is 24.2. The number of primary amides is 1. The van der Waals surface area contributed by atoms with E-state index in [1.165, 1.54) is 6.08 Å². The van der Waals surface area contributed by atoms with Gasteiger partial charge in [-0.3, -0.25) is 9.69 Å². The van der Waals surface area contributed by atoms with Crippen LogP contribution >= 0.6 is 0 Å². The largest absolute Gasteiger partial charge is 0.438 e. The molecule has 43 heavy (non-hydrogen) atoms. The SMILES string of the molecule is Cc1cc(/C=C/C#N)cc(C)c1Oc1nc(NC2CCN(Cc3ccc(C(N)=O)cc3)CC2)ncc1-c1ccc(N)nc1. The van der Waals surface area contributed by atoms with Gasteiger partial charge in [0, 0.05) is 55.3 Å². The van der Waals surface area contributed by atoms with E-state index in [9.17, 15) is 4.79 Å².